The SMILES string of the molecule is CCCCCCN1C(SCC(C)C)=NC2C1C(=O)NC(=O)N2C. The molecule has 2 atom stereocenters. The predicted molar refractivity (Wildman–Crippen MR) is 94.5 cm³/mol. The van der Waals surface area contributed by atoms with Crippen LogP contribution in [-0.2, 0) is 4.79 Å². The van der Waals surface area contributed by atoms with Crippen molar-refractivity contribution >= 4 is 28.9 Å². The average molecular weight is 340 g/mol. The van der Waals surface area contributed by atoms with Gasteiger partial charge in [0.25, 0.3) is 5.91 Å². The first kappa shape index (κ1) is 18.1. The maximum atomic E-state index is 12.3. The third-order valence-electron chi connectivity index (χ3n) is 4.12. The molecule has 0 radical (unpaired) electrons. The summed E-state index contributed by atoms with van der Waals surface area (Å²) in [5.74, 6) is 1.29. The molecule has 1 saturated heterocycles. The second-order valence-corrected chi connectivity index (χ2v) is 7.62. The second-order valence-electron chi connectivity index (χ2n) is 6.63. The minimum atomic E-state index is -0.392. The van der Waals surface area contributed by atoms with Gasteiger partial charge in [0.1, 0.15) is 0 Å². The Morgan fingerprint density at radius 3 is 2.65 bits per heavy atom. The van der Waals surface area contributed by atoms with Gasteiger partial charge in [-0.1, -0.05) is 51.8 Å². The van der Waals surface area contributed by atoms with Crippen molar-refractivity contribution in [1.82, 2.24) is 15.1 Å². The molecule has 2 aliphatic heterocycles. The first-order valence-corrected chi connectivity index (χ1v) is 9.49. The van der Waals surface area contributed by atoms with Crippen LogP contribution in [0.5, 0.6) is 0 Å². The number of unbranched alkanes of at least 4 members (excludes halogenated alkanes) is 3. The quantitative estimate of drug-likeness (QED) is 0.723. The number of urea groups is 1. The highest BCUT2D eigenvalue weighted by molar-refractivity contribution is 8.13. The Bertz CT molecular complexity index is 481. The van der Waals surface area contributed by atoms with E-state index in [-0.39, 0.29) is 18.0 Å². The lowest BCUT2D eigenvalue weighted by atomic mass is 10.1. The van der Waals surface area contributed by atoms with E-state index < -0.39 is 6.17 Å². The molecule has 0 aromatic carbocycles. The van der Waals surface area contributed by atoms with Gasteiger partial charge in [-0.15, -0.1) is 0 Å². The van der Waals surface area contributed by atoms with Gasteiger partial charge in [-0.2, -0.15) is 0 Å². The van der Waals surface area contributed by atoms with Gasteiger partial charge in [0.05, 0.1) is 0 Å². The lowest BCUT2D eigenvalue weighted by molar-refractivity contribution is -0.127. The minimum Gasteiger partial charge on any atom is -0.336 e. The average Bonchev–Trinajstić information content (AvgIpc) is 2.86. The van der Waals surface area contributed by atoms with Crippen LogP contribution in [0.3, 0.4) is 0 Å². The van der Waals surface area contributed by atoms with E-state index in [4.69, 9.17) is 4.99 Å². The summed E-state index contributed by atoms with van der Waals surface area (Å²) in [4.78, 5) is 32.5. The van der Waals surface area contributed by atoms with Gasteiger partial charge in [0, 0.05) is 19.3 Å². The van der Waals surface area contributed by atoms with E-state index >= 15 is 0 Å². The predicted octanol–water partition coefficient (Wildman–Crippen LogP) is 2.50. The first-order chi connectivity index (χ1) is 11.0. The molecule has 23 heavy (non-hydrogen) atoms. The van der Waals surface area contributed by atoms with E-state index in [0.29, 0.717) is 5.92 Å². The number of nitrogens with zero attached hydrogens (tertiary/aromatic N) is 3. The van der Waals surface area contributed by atoms with Crippen molar-refractivity contribution in [3.8, 4) is 0 Å². The fourth-order valence-corrected chi connectivity index (χ4v) is 3.84. The first-order valence-electron chi connectivity index (χ1n) is 8.50. The Morgan fingerprint density at radius 2 is 2.00 bits per heavy atom. The summed E-state index contributed by atoms with van der Waals surface area (Å²) >= 11 is 1.69. The molecular formula is C16H28N4O2S. The van der Waals surface area contributed by atoms with Gasteiger partial charge in [0.15, 0.2) is 17.4 Å². The standard InChI is InChI=1S/C16H28N4O2S/c1-5-6-7-8-9-20-12-13(17-16(20)23-10-11(2)3)19(4)15(22)18-14(12)21/h11-13H,5-10H2,1-4H3,(H,18,21,22). The van der Waals surface area contributed by atoms with Crippen molar-refractivity contribution in [2.24, 2.45) is 10.9 Å². The van der Waals surface area contributed by atoms with Crippen LogP contribution in [0.1, 0.15) is 46.5 Å². The van der Waals surface area contributed by atoms with E-state index in [1.807, 2.05) is 0 Å². The number of likely N-dealkylation sites (N-methyl/N-ethyl adjacent to an activating group) is 1. The Balaban J connectivity index is 2.11. The summed E-state index contributed by atoms with van der Waals surface area (Å²) in [5.41, 5.74) is 0. The van der Waals surface area contributed by atoms with Gasteiger partial charge in [-0.25, -0.2) is 9.79 Å². The molecule has 1 fully saturated rings. The highest BCUT2D eigenvalue weighted by Gasteiger charge is 2.48. The molecule has 0 saturated carbocycles. The topological polar surface area (TPSA) is 65.0 Å². The maximum absolute atomic E-state index is 12.3. The molecule has 6 nitrogen and oxygen atoms in total. The summed E-state index contributed by atoms with van der Waals surface area (Å²) in [7, 11) is 1.70. The van der Waals surface area contributed by atoms with E-state index in [1.54, 1.807) is 18.8 Å². The van der Waals surface area contributed by atoms with E-state index in [0.717, 1.165) is 30.3 Å². The Hall–Kier alpha value is -1.24. The van der Waals surface area contributed by atoms with E-state index in [9.17, 15) is 9.59 Å². The van der Waals surface area contributed by atoms with Gasteiger partial charge >= 0.3 is 6.03 Å². The summed E-state index contributed by atoms with van der Waals surface area (Å²) in [5, 5.41) is 3.35. The summed E-state index contributed by atoms with van der Waals surface area (Å²) < 4.78 is 0. The molecule has 2 unspecified atom stereocenters. The summed E-state index contributed by atoms with van der Waals surface area (Å²) in [6.07, 6.45) is 4.20. The second kappa shape index (κ2) is 8.04. The van der Waals surface area contributed by atoms with Gasteiger partial charge in [-0.05, 0) is 12.3 Å². The number of imide groups is 1. The maximum Gasteiger partial charge on any atom is 0.325 e. The van der Waals surface area contributed by atoms with Crippen molar-refractivity contribution in [3.05, 3.63) is 0 Å². The number of amidine groups is 1. The molecule has 1 N–H and O–H groups in total. The Morgan fingerprint density at radius 1 is 1.26 bits per heavy atom. The largest absolute Gasteiger partial charge is 0.336 e. The fourth-order valence-electron chi connectivity index (χ4n) is 2.81. The molecule has 3 amide bonds. The minimum absolute atomic E-state index is 0.225. The third-order valence-corrected chi connectivity index (χ3v) is 5.55. The number of nitrogens with one attached hydrogen (secondary N) is 1. The van der Waals surface area contributed by atoms with Crippen molar-refractivity contribution in [2.75, 3.05) is 19.3 Å². The number of hydrogen-bond donors (Lipinski definition) is 1. The van der Waals surface area contributed by atoms with Crippen LogP contribution in [0.4, 0.5) is 4.79 Å². The monoisotopic (exact) mass is 340 g/mol. The normalized spacial score (nSPS) is 24.1. The van der Waals surface area contributed by atoms with Crippen molar-refractivity contribution < 1.29 is 9.59 Å². The molecule has 130 valence electrons. The number of thioether (sulfide) groups is 1. The number of carbonyl (C=O) groups excluding carboxylic acids is 2. The van der Waals surface area contributed by atoms with Crippen molar-refractivity contribution in [2.45, 2.75) is 58.7 Å². The summed E-state index contributed by atoms with van der Waals surface area (Å²) in [6, 6.07) is -0.741. The van der Waals surface area contributed by atoms with Gasteiger partial charge < -0.3 is 9.80 Å². The van der Waals surface area contributed by atoms with Crippen LogP contribution in [-0.4, -0.2) is 58.5 Å². The molecule has 2 aliphatic rings. The Labute approximate surface area is 143 Å². The van der Waals surface area contributed by atoms with Crippen LogP contribution in [0, 0.1) is 5.92 Å². The molecule has 0 spiro atoms. The fraction of sp³-hybridized carbons (Fsp3) is 0.812. The smallest absolute Gasteiger partial charge is 0.325 e. The van der Waals surface area contributed by atoms with Crippen molar-refractivity contribution in [3.63, 3.8) is 0 Å². The lowest BCUT2D eigenvalue weighted by Crippen LogP contribution is -2.63. The molecule has 0 aromatic rings. The van der Waals surface area contributed by atoms with Crippen LogP contribution in [0.2, 0.25) is 0 Å². The molecule has 0 aromatic heterocycles. The zero-order valence-electron chi connectivity index (χ0n) is 14.5. The van der Waals surface area contributed by atoms with Crippen LogP contribution in [0.25, 0.3) is 0 Å². The van der Waals surface area contributed by atoms with Crippen LogP contribution in [0.15, 0.2) is 4.99 Å². The van der Waals surface area contributed by atoms with Crippen LogP contribution >= 0.6 is 11.8 Å². The molecule has 0 bridgehead atoms. The summed E-state index contributed by atoms with van der Waals surface area (Å²) in [6.45, 7) is 7.35. The Kier molecular flexibility index (Phi) is 6.33. The number of hydrogen-bond acceptors (Lipinski definition) is 5. The van der Waals surface area contributed by atoms with E-state index in [2.05, 4.69) is 31.0 Å². The third kappa shape index (κ3) is 4.19. The highest BCUT2D eigenvalue weighted by Crippen LogP contribution is 2.29. The number of amides is 3. The molecule has 0 aliphatic carbocycles. The van der Waals surface area contributed by atoms with E-state index in [1.165, 1.54) is 17.7 Å². The zero-order valence-corrected chi connectivity index (χ0v) is 15.4. The number of aliphatic imine (C=N–C) groups is 1. The number of fused-ring (bicyclic) bond motifs is 1. The molecule has 2 heterocycles. The molecule has 2 rings (SSSR count). The number of carbonyl (C=O) groups is 2. The molecular weight excluding hydrogens is 312 g/mol. The van der Waals surface area contributed by atoms with Gasteiger partial charge in [0.2, 0.25) is 0 Å². The molecule has 7 heteroatoms. The lowest BCUT2D eigenvalue weighted by Gasteiger charge is -2.36. The van der Waals surface area contributed by atoms with Crippen LogP contribution < -0.4 is 5.32 Å². The zero-order chi connectivity index (χ0) is 17.0. The van der Waals surface area contributed by atoms with Crippen molar-refractivity contribution in [1.29, 1.82) is 0 Å². The van der Waals surface area contributed by atoms with Gasteiger partial charge in [-0.3, -0.25) is 10.1 Å². The number of rotatable bonds is 7. The highest BCUT2D eigenvalue weighted by atomic mass is 32.2.